The molecule has 0 amide bonds. The largest absolute Gasteiger partial charge is 0.397 e. The molecule has 0 unspecified atom stereocenters. The first-order valence-electron chi connectivity index (χ1n) is 4.73. The first-order valence-corrected chi connectivity index (χ1v) is 5.55. The first kappa shape index (κ1) is 12.2. The molecule has 6 heteroatoms. The molecule has 0 fully saturated rings. The van der Waals surface area contributed by atoms with Gasteiger partial charge in [0.05, 0.1) is 27.1 Å². The second-order valence-corrected chi connectivity index (χ2v) is 4.21. The van der Waals surface area contributed by atoms with Gasteiger partial charge in [0.25, 0.3) is 0 Å². The predicted octanol–water partition coefficient (Wildman–Crippen LogP) is 2.65. The van der Waals surface area contributed by atoms with Crippen molar-refractivity contribution in [3.8, 4) is 6.07 Å². The summed E-state index contributed by atoms with van der Waals surface area (Å²) in [6.45, 7) is 1.95. The Morgan fingerprint density at radius 2 is 2.38 bits per heavy atom. The standard InChI is InChI=1S/C10H11N3O2S/c1-2-3-7(6-11)10(12)8-4-5-9(16-8)13(14)15/h4-5H,2-3,12H2,1H3/b10-7-. The van der Waals surface area contributed by atoms with Crippen LogP contribution in [0.1, 0.15) is 24.6 Å². The zero-order valence-corrected chi connectivity index (χ0v) is 9.58. The minimum absolute atomic E-state index is 0.0340. The predicted molar refractivity (Wildman–Crippen MR) is 62.6 cm³/mol. The van der Waals surface area contributed by atoms with Crippen LogP contribution in [0.4, 0.5) is 5.00 Å². The third-order valence-electron chi connectivity index (χ3n) is 2.00. The van der Waals surface area contributed by atoms with E-state index in [9.17, 15) is 10.1 Å². The molecule has 0 aliphatic rings. The van der Waals surface area contributed by atoms with Crippen molar-refractivity contribution >= 4 is 22.0 Å². The van der Waals surface area contributed by atoms with Gasteiger partial charge < -0.3 is 5.73 Å². The normalized spacial score (nSPS) is 11.8. The summed E-state index contributed by atoms with van der Waals surface area (Å²) in [5.74, 6) is 0. The minimum atomic E-state index is -0.465. The molecule has 16 heavy (non-hydrogen) atoms. The summed E-state index contributed by atoms with van der Waals surface area (Å²) in [5, 5.41) is 19.4. The molecule has 0 bridgehead atoms. The van der Waals surface area contributed by atoms with Crippen molar-refractivity contribution < 1.29 is 4.92 Å². The highest BCUT2D eigenvalue weighted by molar-refractivity contribution is 7.16. The smallest absolute Gasteiger partial charge is 0.324 e. The third kappa shape index (κ3) is 2.58. The fourth-order valence-corrected chi connectivity index (χ4v) is 2.03. The van der Waals surface area contributed by atoms with Gasteiger partial charge in [0.2, 0.25) is 0 Å². The van der Waals surface area contributed by atoms with Crippen molar-refractivity contribution in [2.75, 3.05) is 0 Å². The topological polar surface area (TPSA) is 93.0 Å². The van der Waals surface area contributed by atoms with Gasteiger partial charge in [-0.05, 0) is 12.5 Å². The van der Waals surface area contributed by atoms with Crippen LogP contribution in [0.25, 0.3) is 5.70 Å². The van der Waals surface area contributed by atoms with E-state index in [1.165, 1.54) is 6.07 Å². The highest BCUT2D eigenvalue weighted by Gasteiger charge is 2.13. The molecule has 2 N–H and O–H groups in total. The Morgan fingerprint density at radius 3 is 2.81 bits per heavy atom. The third-order valence-corrected chi connectivity index (χ3v) is 3.07. The Hall–Kier alpha value is -1.87. The molecule has 0 spiro atoms. The minimum Gasteiger partial charge on any atom is -0.397 e. The molecule has 1 heterocycles. The molecule has 5 nitrogen and oxygen atoms in total. The molecule has 0 aliphatic heterocycles. The molecule has 1 aromatic heterocycles. The molecule has 0 aliphatic carbocycles. The second-order valence-electron chi connectivity index (χ2n) is 3.15. The summed E-state index contributed by atoms with van der Waals surface area (Å²) in [6.07, 6.45) is 1.41. The average Bonchev–Trinajstić information content (AvgIpc) is 2.74. The van der Waals surface area contributed by atoms with Gasteiger partial charge in [0, 0.05) is 6.07 Å². The van der Waals surface area contributed by atoms with E-state index in [4.69, 9.17) is 11.0 Å². The Bertz CT molecular complexity index is 471. The van der Waals surface area contributed by atoms with Gasteiger partial charge in [-0.15, -0.1) is 0 Å². The number of nitrogens with zero attached hydrogens (tertiary/aromatic N) is 2. The maximum atomic E-state index is 10.5. The molecule has 84 valence electrons. The number of nitro groups is 1. The fourth-order valence-electron chi connectivity index (χ4n) is 1.22. The van der Waals surface area contributed by atoms with Gasteiger partial charge in [0.15, 0.2) is 0 Å². The maximum absolute atomic E-state index is 10.5. The lowest BCUT2D eigenvalue weighted by molar-refractivity contribution is -0.380. The van der Waals surface area contributed by atoms with Gasteiger partial charge in [-0.1, -0.05) is 24.7 Å². The summed E-state index contributed by atoms with van der Waals surface area (Å²) < 4.78 is 0. The summed E-state index contributed by atoms with van der Waals surface area (Å²) in [7, 11) is 0. The maximum Gasteiger partial charge on any atom is 0.324 e. The van der Waals surface area contributed by atoms with Crippen LogP contribution in [0.5, 0.6) is 0 Å². The Labute approximate surface area is 97.0 Å². The van der Waals surface area contributed by atoms with Crippen molar-refractivity contribution in [1.82, 2.24) is 0 Å². The first-order chi connectivity index (χ1) is 7.60. The Kier molecular flexibility index (Phi) is 4.03. The van der Waals surface area contributed by atoms with Crippen LogP contribution in [-0.4, -0.2) is 4.92 Å². The lowest BCUT2D eigenvalue weighted by Gasteiger charge is -2.00. The highest BCUT2D eigenvalue weighted by atomic mass is 32.1. The zero-order chi connectivity index (χ0) is 12.1. The number of thiophene rings is 1. The molecule has 1 aromatic rings. The Morgan fingerprint density at radius 1 is 1.69 bits per heavy atom. The van der Waals surface area contributed by atoms with E-state index in [1.807, 2.05) is 13.0 Å². The van der Waals surface area contributed by atoms with E-state index in [2.05, 4.69) is 0 Å². The summed E-state index contributed by atoms with van der Waals surface area (Å²) in [4.78, 5) is 10.6. The van der Waals surface area contributed by atoms with Gasteiger partial charge in [-0.3, -0.25) is 10.1 Å². The number of allylic oxidation sites excluding steroid dienone is 1. The summed E-state index contributed by atoms with van der Waals surface area (Å²) in [6, 6.07) is 5.00. The molecule has 0 saturated heterocycles. The quantitative estimate of drug-likeness (QED) is 0.495. The van der Waals surface area contributed by atoms with Crippen molar-refractivity contribution in [3.05, 3.63) is 32.7 Å². The average molecular weight is 237 g/mol. The molecule has 0 aromatic carbocycles. The van der Waals surface area contributed by atoms with Gasteiger partial charge in [0.1, 0.15) is 0 Å². The van der Waals surface area contributed by atoms with Crippen LogP contribution < -0.4 is 5.73 Å². The van der Waals surface area contributed by atoms with Gasteiger partial charge in [-0.25, -0.2) is 0 Å². The van der Waals surface area contributed by atoms with E-state index >= 15 is 0 Å². The van der Waals surface area contributed by atoms with E-state index in [1.54, 1.807) is 6.07 Å². The molecular formula is C10H11N3O2S. The number of nitrogens with two attached hydrogens (primary N) is 1. The van der Waals surface area contributed by atoms with E-state index < -0.39 is 4.92 Å². The lowest BCUT2D eigenvalue weighted by Crippen LogP contribution is -1.98. The van der Waals surface area contributed by atoms with Crippen molar-refractivity contribution in [3.63, 3.8) is 0 Å². The van der Waals surface area contributed by atoms with Crippen LogP contribution in [0.2, 0.25) is 0 Å². The van der Waals surface area contributed by atoms with E-state index in [0.29, 0.717) is 22.6 Å². The fraction of sp³-hybridized carbons (Fsp3) is 0.300. The molecule has 1 rings (SSSR count). The lowest BCUT2D eigenvalue weighted by atomic mass is 10.1. The van der Waals surface area contributed by atoms with Crippen LogP contribution >= 0.6 is 11.3 Å². The monoisotopic (exact) mass is 237 g/mol. The van der Waals surface area contributed by atoms with Crippen LogP contribution in [-0.2, 0) is 0 Å². The number of hydrogen-bond donors (Lipinski definition) is 1. The van der Waals surface area contributed by atoms with Crippen molar-refractivity contribution in [2.24, 2.45) is 5.73 Å². The summed E-state index contributed by atoms with van der Waals surface area (Å²) >= 11 is 0.986. The highest BCUT2D eigenvalue weighted by Crippen LogP contribution is 2.29. The number of hydrogen-bond acceptors (Lipinski definition) is 5. The van der Waals surface area contributed by atoms with Gasteiger partial charge in [-0.2, -0.15) is 5.26 Å². The Balaban J connectivity index is 3.08. The SMILES string of the molecule is CCC/C(C#N)=C(/N)c1ccc([N+](=O)[O-])s1. The van der Waals surface area contributed by atoms with Gasteiger partial charge >= 0.3 is 5.00 Å². The van der Waals surface area contributed by atoms with E-state index in [0.717, 1.165) is 17.8 Å². The van der Waals surface area contributed by atoms with Crippen molar-refractivity contribution in [2.45, 2.75) is 19.8 Å². The van der Waals surface area contributed by atoms with Crippen LogP contribution in [0.15, 0.2) is 17.7 Å². The number of nitriles is 1. The molecular weight excluding hydrogens is 226 g/mol. The van der Waals surface area contributed by atoms with Crippen molar-refractivity contribution in [1.29, 1.82) is 5.26 Å². The molecule has 0 saturated carbocycles. The second kappa shape index (κ2) is 5.28. The van der Waals surface area contributed by atoms with E-state index in [-0.39, 0.29) is 5.00 Å². The molecule has 0 atom stereocenters. The zero-order valence-electron chi connectivity index (χ0n) is 8.77. The van der Waals surface area contributed by atoms with Crippen LogP contribution in [0.3, 0.4) is 0 Å². The van der Waals surface area contributed by atoms with Crippen LogP contribution in [0, 0.1) is 21.4 Å². The number of rotatable bonds is 4. The summed E-state index contributed by atoms with van der Waals surface area (Å²) in [5.41, 5.74) is 6.63. The molecule has 0 radical (unpaired) electrons.